The molecule has 0 radical (unpaired) electrons. The Kier molecular flexibility index (Phi) is 4.27. The highest BCUT2D eigenvalue weighted by molar-refractivity contribution is 5.24. The van der Waals surface area contributed by atoms with Crippen molar-refractivity contribution in [1.82, 2.24) is 0 Å². The summed E-state index contributed by atoms with van der Waals surface area (Å²) in [6.45, 7) is 2.03. The fraction of sp³-hybridized carbons (Fsp3) is 0.250. The molecule has 2 N–H and O–H groups in total. The van der Waals surface area contributed by atoms with E-state index in [0.717, 1.165) is 23.6 Å². The van der Waals surface area contributed by atoms with Crippen LogP contribution in [-0.2, 0) is 12.8 Å². The molecule has 0 spiro atoms. The van der Waals surface area contributed by atoms with E-state index in [1.54, 1.807) is 6.07 Å². The van der Waals surface area contributed by atoms with Gasteiger partial charge in [-0.05, 0) is 43.0 Å². The van der Waals surface area contributed by atoms with E-state index in [2.05, 4.69) is 6.07 Å². The van der Waals surface area contributed by atoms with E-state index < -0.39 is 11.6 Å². The number of benzene rings is 2. The van der Waals surface area contributed by atoms with Crippen molar-refractivity contribution < 1.29 is 8.78 Å². The molecule has 0 bridgehead atoms. The first-order chi connectivity index (χ1) is 9.04. The summed E-state index contributed by atoms with van der Waals surface area (Å²) in [5.41, 5.74) is 9.14. The molecule has 0 heterocycles. The molecule has 0 aromatic heterocycles. The van der Waals surface area contributed by atoms with Gasteiger partial charge in [-0.3, -0.25) is 0 Å². The first-order valence-corrected chi connectivity index (χ1v) is 6.29. The highest BCUT2D eigenvalue weighted by Gasteiger charge is 2.08. The van der Waals surface area contributed by atoms with Crippen LogP contribution in [0, 0.1) is 18.6 Å². The molecule has 2 aromatic carbocycles. The summed E-state index contributed by atoms with van der Waals surface area (Å²) in [4.78, 5) is 0. The third-order valence-electron chi connectivity index (χ3n) is 3.06. The third-order valence-corrected chi connectivity index (χ3v) is 3.06. The molecule has 1 atom stereocenters. The summed E-state index contributed by atoms with van der Waals surface area (Å²) < 4.78 is 25.9. The van der Waals surface area contributed by atoms with Gasteiger partial charge in [0.2, 0.25) is 0 Å². The SMILES string of the molecule is Cc1cccc(CC(N)Cc2ccc(F)c(F)c2)c1. The van der Waals surface area contributed by atoms with Gasteiger partial charge in [-0.25, -0.2) is 8.78 Å². The quantitative estimate of drug-likeness (QED) is 0.897. The van der Waals surface area contributed by atoms with Crippen LogP contribution in [0.3, 0.4) is 0 Å². The fourth-order valence-corrected chi connectivity index (χ4v) is 2.18. The molecule has 0 aliphatic carbocycles. The van der Waals surface area contributed by atoms with Crippen LogP contribution in [0.2, 0.25) is 0 Å². The van der Waals surface area contributed by atoms with Crippen LogP contribution in [0.1, 0.15) is 16.7 Å². The maximum atomic E-state index is 13.1. The number of halogens is 2. The van der Waals surface area contributed by atoms with E-state index in [-0.39, 0.29) is 6.04 Å². The lowest BCUT2D eigenvalue weighted by Crippen LogP contribution is -2.25. The summed E-state index contributed by atoms with van der Waals surface area (Å²) in [6, 6.07) is 12.0. The van der Waals surface area contributed by atoms with Gasteiger partial charge in [0.25, 0.3) is 0 Å². The smallest absolute Gasteiger partial charge is 0.159 e. The molecule has 0 amide bonds. The van der Waals surface area contributed by atoms with Crippen molar-refractivity contribution in [2.45, 2.75) is 25.8 Å². The minimum atomic E-state index is -0.823. The highest BCUT2D eigenvalue weighted by Crippen LogP contribution is 2.12. The molecular weight excluding hydrogens is 244 g/mol. The average molecular weight is 261 g/mol. The Balaban J connectivity index is 2.01. The monoisotopic (exact) mass is 261 g/mol. The predicted molar refractivity (Wildman–Crippen MR) is 72.9 cm³/mol. The highest BCUT2D eigenvalue weighted by atomic mass is 19.2. The second-order valence-electron chi connectivity index (χ2n) is 4.91. The maximum absolute atomic E-state index is 13.1. The van der Waals surface area contributed by atoms with Gasteiger partial charge in [-0.1, -0.05) is 35.9 Å². The summed E-state index contributed by atoms with van der Waals surface area (Å²) in [5, 5.41) is 0. The molecular formula is C16H17F2N. The topological polar surface area (TPSA) is 26.0 Å². The van der Waals surface area contributed by atoms with Crippen molar-refractivity contribution in [3.05, 3.63) is 70.8 Å². The Hall–Kier alpha value is -1.74. The summed E-state index contributed by atoms with van der Waals surface area (Å²) in [6.07, 6.45) is 1.26. The van der Waals surface area contributed by atoms with Crippen molar-refractivity contribution in [3.8, 4) is 0 Å². The van der Waals surface area contributed by atoms with Crippen molar-refractivity contribution >= 4 is 0 Å². The summed E-state index contributed by atoms with van der Waals surface area (Å²) in [5.74, 6) is -1.64. The lowest BCUT2D eigenvalue weighted by Gasteiger charge is -2.12. The predicted octanol–water partition coefficient (Wildman–Crippen LogP) is 3.39. The van der Waals surface area contributed by atoms with Gasteiger partial charge < -0.3 is 5.73 Å². The number of hydrogen-bond donors (Lipinski definition) is 1. The van der Waals surface area contributed by atoms with Crippen LogP contribution in [0.5, 0.6) is 0 Å². The van der Waals surface area contributed by atoms with Crippen molar-refractivity contribution in [3.63, 3.8) is 0 Å². The molecule has 2 aromatic rings. The zero-order valence-corrected chi connectivity index (χ0v) is 10.9. The maximum Gasteiger partial charge on any atom is 0.159 e. The number of nitrogens with two attached hydrogens (primary N) is 1. The van der Waals surface area contributed by atoms with E-state index in [0.29, 0.717) is 6.42 Å². The van der Waals surface area contributed by atoms with Gasteiger partial charge in [0.1, 0.15) is 0 Å². The Morgan fingerprint density at radius 2 is 1.63 bits per heavy atom. The van der Waals surface area contributed by atoms with Crippen LogP contribution in [0.4, 0.5) is 8.78 Å². The van der Waals surface area contributed by atoms with Gasteiger partial charge in [0.05, 0.1) is 0 Å². The van der Waals surface area contributed by atoms with E-state index in [9.17, 15) is 8.78 Å². The summed E-state index contributed by atoms with van der Waals surface area (Å²) in [7, 11) is 0. The molecule has 2 rings (SSSR count). The van der Waals surface area contributed by atoms with E-state index in [1.807, 2.05) is 25.1 Å². The molecule has 0 fully saturated rings. The second-order valence-corrected chi connectivity index (χ2v) is 4.91. The Morgan fingerprint density at radius 1 is 0.947 bits per heavy atom. The standard InChI is InChI=1S/C16H17F2N/c1-11-3-2-4-12(7-11)8-14(19)9-13-5-6-15(17)16(18)10-13/h2-7,10,14H,8-9,19H2,1H3. The zero-order valence-electron chi connectivity index (χ0n) is 10.9. The number of aryl methyl sites for hydroxylation is 1. The molecule has 0 aliphatic rings. The minimum Gasteiger partial charge on any atom is -0.327 e. The zero-order chi connectivity index (χ0) is 13.8. The molecule has 1 nitrogen and oxygen atoms in total. The molecule has 0 saturated heterocycles. The Labute approximate surface area is 112 Å². The lowest BCUT2D eigenvalue weighted by atomic mass is 9.99. The van der Waals surface area contributed by atoms with Crippen LogP contribution in [-0.4, -0.2) is 6.04 Å². The number of hydrogen-bond acceptors (Lipinski definition) is 1. The molecule has 1 unspecified atom stereocenters. The largest absolute Gasteiger partial charge is 0.327 e. The van der Waals surface area contributed by atoms with Gasteiger partial charge in [0.15, 0.2) is 11.6 Å². The molecule has 0 saturated carbocycles. The van der Waals surface area contributed by atoms with Crippen molar-refractivity contribution in [1.29, 1.82) is 0 Å². The average Bonchev–Trinajstić information content (AvgIpc) is 2.34. The van der Waals surface area contributed by atoms with Crippen molar-refractivity contribution in [2.24, 2.45) is 5.73 Å². The lowest BCUT2D eigenvalue weighted by molar-refractivity contribution is 0.506. The molecule has 0 aliphatic heterocycles. The van der Waals surface area contributed by atoms with Crippen LogP contribution in [0.15, 0.2) is 42.5 Å². The Morgan fingerprint density at radius 3 is 2.26 bits per heavy atom. The van der Waals surface area contributed by atoms with Gasteiger partial charge in [-0.15, -0.1) is 0 Å². The summed E-state index contributed by atoms with van der Waals surface area (Å²) >= 11 is 0. The fourth-order valence-electron chi connectivity index (χ4n) is 2.18. The van der Waals surface area contributed by atoms with E-state index in [4.69, 9.17) is 5.73 Å². The normalized spacial score (nSPS) is 12.4. The first kappa shape index (κ1) is 13.7. The van der Waals surface area contributed by atoms with Crippen LogP contribution >= 0.6 is 0 Å². The van der Waals surface area contributed by atoms with E-state index >= 15 is 0 Å². The van der Waals surface area contributed by atoms with Gasteiger partial charge in [-0.2, -0.15) is 0 Å². The molecule has 19 heavy (non-hydrogen) atoms. The molecule has 3 heteroatoms. The van der Waals surface area contributed by atoms with Crippen molar-refractivity contribution in [2.75, 3.05) is 0 Å². The van der Waals surface area contributed by atoms with Gasteiger partial charge >= 0.3 is 0 Å². The first-order valence-electron chi connectivity index (χ1n) is 6.29. The van der Waals surface area contributed by atoms with Gasteiger partial charge in [0, 0.05) is 6.04 Å². The third kappa shape index (κ3) is 3.86. The molecule has 100 valence electrons. The second kappa shape index (κ2) is 5.93. The minimum absolute atomic E-state index is 0.105. The van der Waals surface area contributed by atoms with Crippen LogP contribution in [0.25, 0.3) is 0 Å². The number of rotatable bonds is 4. The van der Waals surface area contributed by atoms with E-state index in [1.165, 1.54) is 11.6 Å². The Bertz CT molecular complexity index is 566. The van der Waals surface area contributed by atoms with Crippen LogP contribution < -0.4 is 5.73 Å².